The van der Waals surface area contributed by atoms with E-state index in [9.17, 15) is 4.79 Å². The van der Waals surface area contributed by atoms with Gasteiger partial charge in [0, 0.05) is 37.6 Å². The first-order valence-electron chi connectivity index (χ1n) is 9.60. The monoisotopic (exact) mass is 412 g/mol. The fourth-order valence-corrected chi connectivity index (χ4v) is 4.31. The molecule has 1 N–H and O–H groups in total. The number of aromatic amines is 1. The zero-order valence-electron chi connectivity index (χ0n) is 16.5. The van der Waals surface area contributed by atoms with Crippen molar-refractivity contribution < 1.29 is 9.53 Å². The van der Waals surface area contributed by atoms with E-state index in [2.05, 4.69) is 44.1 Å². The predicted molar refractivity (Wildman–Crippen MR) is 111 cm³/mol. The Labute approximate surface area is 173 Å². The third-order valence-corrected chi connectivity index (χ3v) is 6.19. The van der Waals surface area contributed by atoms with E-state index in [1.54, 1.807) is 7.11 Å². The van der Waals surface area contributed by atoms with E-state index < -0.39 is 0 Å². The van der Waals surface area contributed by atoms with Gasteiger partial charge in [0.25, 0.3) is 0 Å². The molecule has 1 fully saturated rings. The molecule has 0 spiro atoms. The Morgan fingerprint density at radius 2 is 2.14 bits per heavy atom. The van der Waals surface area contributed by atoms with Gasteiger partial charge < -0.3 is 9.64 Å². The highest BCUT2D eigenvalue weighted by molar-refractivity contribution is 7.13. The highest BCUT2D eigenvalue weighted by Gasteiger charge is 2.25. The van der Waals surface area contributed by atoms with E-state index in [0.29, 0.717) is 12.2 Å². The summed E-state index contributed by atoms with van der Waals surface area (Å²) in [5.74, 6) is 1.62. The highest BCUT2D eigenvalue weighted by atomic mass is 32.1. The molecular weight excluding hydrogens is 388 g/mol. The molecule has 1 aromatic carbocycles. The van der Waals surface area contributed by atoms with Crippen LogP contribution in [0, 0.1) is 0 Å². The fraction of sp³-hybridized carbons (Fsp3) is 0.400. The zero-order chi connectivity index (χ0) is 20.2. The van der Waals surface area contributed by atoms with Gasteiger partial charge in [-0.25, -0.2) is 9.97 Å². The molecule has 1 amide bonds. The number of amides is 1. The molecule has 152 valence electrons. The topological polar surface area (TPSA) is 87.2 Å². The van der Waals surface area contributed by atoms with Crippen LogP contribution in [0.25, 0.3) is 10.8 Å². The van der Waals surface area contributed by atoms with Gasteiger partial charge in [-0.05, 0) is 24.6 Å². The van der Waals surface area contributed by atoms with Crippen molar-refractivity contribution in [2.75, 3.05) is 33.3 Å². The minimum atomic E-state index is 0.119. The Kier molecular flexibility index (Phi) is 5.86. The van der Waals surface area contributed by atoms with Crippen LogP contribution in [0.3, 0.4) is 0 Å². The number of benzene rings is 1. The molecule has 29 heavy (non-hydrogen) atoms. The van der Waals surface area contributed by atoms with Crippen molar-refractivity contribution in [1.29, 1.82) is 0 Å². The largest absolute Gasteiger partial charge is 0.497 e. The molecule has 3 aromatic rings. The van der Waals surface area contributed by atoms with E-state index >= 15 is 0 Å². The summed E-state index contributed by atoms with van der Waals surface area (Å²) in [7, 11) is 1.69. The molecule has 4 rings (SSSR count). The van der Waals surface area contributed by atoms with E-state index in [1.807, 2.05) is 22.4 Å². The SMILES string of the molecule is COc1cccc(C(C)N2CCN(C(=O)Cc3csc(-c4ncn[nH]4)n3)CC2)c1. The number of aromatic nitrogens is 4. The maximum absolute atomic E-state index is 12.7. The standard InChI is InChI=1S/C20H24N6O2S/c1-14(15-4-3-5-17(10-15)28-2)25-6-8-26(9-7-25)18(27)11-16-12-29-20(23-16)19-21-13-22-24-19/h3-5,10,12-14H,6-9,11H2,1-2H3,(H,21,22,24). The average molecular weight is 413 g/mol. The van der Waals surface area contributed by atoms with Gasteiger partial charge in [0.1, 0.15) is 12.1 Å². The Balaban J connectivity index is 1.31. The summed E-state index contributed by atoms with van der Waals surface area (Å²) in [4.78, 5) is 25.7. The van der Waals surface area contributed by atoms with Crippen LogP contribution in [0.4, 0.5) is 0 Å². The second kappa shape index (κ2) is 8.71. The molecule has 1 saturated heterocycles. The molecule has 1 atom stereocenters. The maximum atomic E-state index is 12.7. The number of ether oxygens (including phenoxy) is 1. The number of rotatable bonds is 6. The molecule has 3 heterocycles. The Bertz CT molecular complexity index is 950. The third kappa shape index (κ3) is 4.46. The number of piperazine rings is 1. The molecule has 1 aliphatic heterocycles. The van der Waals surface area contributed by atoms with E-state index in [0.717, 1.165) is 42.6 Å². The number of nitrogens with zero attached hydrogens (tertiary/aromatic N) is 5. The number of hydrogen-bond acceptors (Lipinski definition) is 7. The minimum absolute atomic E-state index is 0.119. The predicted octanol–water partition coefficient (Wildman–Crippen LogP) is 2.38. The molecular formula is C20H24N6O2S. The van der Waals surface area contributed by atoms with Crippen molar-refractivity contribution in [3.05, 3.63) is 47.2 Å². The number of hydrogen-bond donors (Lipinski definition) is 1. The highest BCUT2D eigenvalue weighted by Crippen LogP contribution is 2.25. The lowest BCUT2D eigenvalue weighted by atomic mass is 10.1. The molecule has 9 heteroatoms. The normalized spacial score (nSPS) is 16.0. The van der Waals surface area contributed by atoms with Crippen LogP contribution in [-0.4, -0.2) is 69.2 Å². The third-order valence-electron chi connectivity index (χ3n) is 5.29. The molecule has 0 saturated carbocycles. The van der Waals surface area contributed by atoms with Crippen molar-refractivity contribution in [1.82, 2.24) is 30.0 Å². The molecule has 0 bridgehead atoms. The lowest BCUT2D eigenvalue weighted by Gasteiger charge is -2.38. The fourth-order valence-electron chi connectivity index (χ4n) is 3.54. The molecule has 1 unspecified atom stereocenters. The van der Waals surface area contributed by atoms with Crippen molar-refractivity contribution >= 4 is 17.2 Å². The van der Waals surface area contributed by atoms with Crippen LogP contribution in [0.1, 0.15) is 24.2 Å². The molecule has 1 aliphatic rings. The number of methoxy groups -OCH3 is 1. The maximum Gasteiger partial charge on any atom is 0.228 e. The van der Waals surface area contributed by atoms with Gasteiger partial charge >= 0.3 is 0 Å². The molecule has 0 radical (unpaired) electrons. The number of H-pyrrole nitrogens is 1. The van der Waals surface area contributed by atoms with Crippen LogP contribution in [0.5, 0.6) is 5.75 Å². The quantitative estimate of drug-likeness (QED) is 0.669. The zero-order valence-corrected chi connectivity index (χ0v) is 17.4. The molecule has 0 aliphatic carbocycles. The summed E-state index contributed by atoms with van der Waals surface area (Å²) >= 11 is 1.47. The summed E-state index contributed by atoms with van der Waals surface area (Å²) in [6.45, 7) is 5.36. The van der Waals surface area contributed by atoms with E-state index in [1.165, 1.54) is 23.2 Å². The second-order valence-electron chi connectivity index (χ2n) is 7.02. The van der Waals surface area contributed by atoms with E-state index in [4.69, 9.17) is 4.74 Å². The summed E-state index contributed by atoms with van der Waals surface area (Å²) in [6.07, 6.45) is 1.77. The molecule has 8 nitrogen and oxygen atoms in total. The number of thiazole rings is 1. The first kappa shape index (κ1) is 19.5. The lowest BCUT2D eigenvalue weighted by Crippen LogP contribution is -2.49. The first-order chi connectivity index (χ1) is 14.1. The first-order valence-corrected chi connectivity index (χ1v) is 10.5. The van der Waals surface area contributed by atoms with Gasteiger partial charge in [0.05, 0.1) is 19.2 Å². The molecule has 2 aromatic heterocycles. The van der Waals surface area contributed by atoms with Crippen molar-refractivity contribution in [2.45, 2.75) is 19.4 Å². The summed E-state index contributed by atoms with van der Waals surface area (Å²) in [5, 5.41) is 9.30. The number of carbonyl (C=O) groups is 1. The minimum Gasteiger partial charge on any atom is -0.497 e. The Morgan fingerprint density at radius 3 is 2.86 bits per heavy atom. The smallest absolute Gasteiger partial charge is 0.228 e. The Hall–Kier alpha value is -2.78. The van der Waals surface area contributed by atoms with Crippen LogP contribution >= 0.6 is 11.3 Å². The van der Waals surface area contributed by atoms with Crippen LogP contribution in [0.15, 0.2) is 36.0 Å². The van der Waals surface area contributed by atoms with E-state index in [-0.39, 0.29) is 11.9 Å². The summed E-state index contributed by atoms with van der Waals surface area (Å²) < 4.78 is 5.34. The Morgan fingerprint density at radius 1 is 1.31 bits per heavy atom. The van der Waals surface area contributed by atoms with Gasteiger partial charge in [-0.1, -0.05) is 12.1 Å². The van der Waals surface area contributed by atoms with Crippen LogP contribution in [-0.2, 0) is 11.2 Å². The van der Waals surface area contributed by atoms with Gasteiger partial charge in [-0.15, -0.1) is 11.3 Å². The number of nitrogens with one attached hydrogen (secondary N) is 1. The van der Waals surface area contributed by atoms with Crippen molar-refractivity contribution in [2.24, 2.45) is 0 Å². The van der Waals surface area contributed by atoms with Gasteiger partial charge in [-0.2, -0.15) is 5.10 Å². The van der Waals surface area contributed by atoms with Gasteiger partial charge in [0.15, 0.2) is 10.8 Å². The van der Waals surface area contributed by atoms with Gasteiger partial charge in [0.2, 0.25) is 5.91 Å². The number of carbonyl (C=O) groups excluding carboxylic acids is 1. The average Bonchev–Trinajstić information content (AvgIpc) is 3.45. The van der Waals surface area contributed by atoms with Crippen molar-refractivity contribution in [3.8, 4) is 16.6 Å². The van der Waals surface area contributed by atoms with Crippen molar-refractivity contribution in [3.63, 3.8) is 0 Å². The van der Waals surface area contributed by atoms with Gasteiger partial charge in [-0.3, -0.25) is 14.8 Å². The summed E-state index contributed by atoms with van der Waals surface area (Å²) in [6, 6.07) is 8.46. The van der Waals surface area contributed by atoms with Crippen LogP contribution in [0.2, 0.25) is 0 Å². The lowest BCUT2D eigenvalue weighted by molar-refractivity contribution is -0.132. The second-order valence-corrected chi connectivity index (χ2v) is 7.88. The van der Waals surface area contributed by atoms with Crippen LogP contribution < -0.4 is 4.74 Å². The summed E-state index contributed by atoms with van der Waals surface area (Å²) in [5.41, 5.74) is 2.00.